The van der Waals surface area contributed by atoms with Crippen LogP contribution >= 0.6 is 0 Å². The number of hydrogen-bond donors (Lipinski definition) is 1. The van der Waals surface area contributed by atoms with Gasteiger partial charge in [0, 0.05) is 6.04 Å². The van der Waals surface area contributed by atoms with Gasteiger partial charge in [-0.2, -0.15) is 0 Å². The molecule has 3 heteroatoms. The van der Waals surface area contributed by atoms with Gasteiger partial charge in [-0.25, -0.2) is 4.79 Å². The molecule has 1 atom stereocenters. The van der Waals surface area contributed by atoms with E-state index in [9.17, 15) is 4.79 Å². The van der Waals surface area contributed by atoms with E-state index in [2.05, 4.69) is 4.90 Å². The zero-order valence-corrected chi connectivity index (χ0v) is 9.85. The third kappa shape index (κ3) is 1.84. The SMILES string of the molecule is O=C(O)c1ccc2c(c1)CCC2N1CCCC1. The predicted octanol–water partition coefficient (Wildman–Crippen LogP) is 2.47. The molecule has 1 fully saturated rings. The molecule has 1 aliphatic heterocycles. The Morgan fingerprint density at radius 2 is 2.06 bits per heavy atom. The lowest BCUT2D eigenvalue weighted by molar-refractivity contribution is 0.0697. The first-order chi connectivity index (χ1) is 8.25. The number of rotatable bonds is 2. The van der Waals surface area contributed by atoms with Gasteiger partial charge < -0.3 is 5.11 Å². The van der Waals surface area contributed by atoms with Gasteiger partial charge >= 0.3 is 5.97 Å². The van der Waals surface area contributed by atoms with E-state index in [0.29, 0.717) is 11.6 Å². The summed E-state index contributed by atoms with van der Waals surface area (Å²) >= 11 is 0. The molecular formula is C14H17NO2. The van der Waals surface area contributed by atoms with E-state index in [1.807, 2.05) is 12.1 Å². The molecule has 1 aliphatic carbocycles. The molecule has 90 valence electrons. The van der Waals surface area contributed by atoms with Crippen LogP contribution in [0.3, 0.4) is 0 Å². The highest BCUT2D eigenvalue weighted by molar-refractivity contribution is 5.88. The number of carbonyl (C=O) groups is 1. The molecule has 1 saturated heterocycles. The Hall–Kier alpha value is -1.35. The lowest BCUT2D eigenvalue weighted by atomic mass is 10.0. The highest BCUT2D eigenvalue weighted by atomic mass is 16.4. The molecule has 0 amide bonds. The van der Waals surface area contributed by atoms with Crippen molar-refractivity contribution in [2.45, 2.75) is 31.7 Å². The molecule has 3 nitrogen and oxygen atoms in total. The van der Waals surface area contributed by atoms with Crippen molar-refractivity contribution >= 4 is 5.97 Å². The third-order valence-electron chi connectivity index (χ3n) is 4.02. The first-order valence-electron chi connectivity index (χ1n) is 6.36. The summed E-state index contributed by atoms with van der Waals surface area (Å²) in [5.74, 6) is -0.822. The minimum absolute atomic E-state index is 0.422. The van der Waals surface area contributed by atoms with Crippen LogP contribution in [-0.2, 0) is 6.42 Å². The number of aryl methyl sites for hydroxylation is 1. The molecule has 1 aromatic rings. The van der Waals surface area contributed by atoms with Gasteiger partial charge in [0.15, 0.2) is 0 Å². The van der Waals surface area contributed by atoms with Crippen molar-refractivity contribution < 1.29 is 9.90 Å². The van der Waals surface area contributed by atoms with Crippen LogP contribution in [0, 0.1) is 0 Å². The van der Waals surface area contributed by atoms with Crippen LogP contribution in [0.2, 0.25) is 0 Å². The van der Waals surface area contributed by atoms with Gasteiger partial charge in [-0.1, -0.05) is 6.07 Å². The van der Waals surface area contributed by atoms with E-state index in [0.717, 1.165) is 12.8 Å². The molecular weight excluding hydrogens is 214 g/mol. The summed E-state index contributed by atoms with van der Waals surface area (Å²) in [5.41, 5.74) is 3.02. The summed E-state index contributed by atoms with van der Waals surface area (Å²) in [6.45, 7) is 2.40. The van der Waals surface area contributed by atoms with E-state index in [1.165, 1.54) is 37.1 Å². The van der Waals surface area contributed by atoms with Crippen LogP contribution in [0.5, 0.6) is 0 Å². The van der Waals surface area contributed by atoms with E-state index in [-0.39, 0.29) is 0 Å². The van der Waals surface area contributed by atoms with Crippen molar-refractivity contribution in [3.63, 3.8) is 0 Å². The first-order valence-corrected chi connectivity index (χ1v) is 6.36. The van der Waals surface area contributed by atoms with Crippen LogP contribution < -0.4 is 0 Å². The molecule has 3 rings (SSSR count). The lowest BCUT2D eigenvalue weighted by Gasteiger charge is -2.24. The molecule has 0 bridgehead atoms. The molecule has 17 heavy (non-hydrogen) atoms. The van der Waals surface area contributed by atoms with Crippen LogP contribution in [0.25, 0.3) is 0 Å². The van der Waals surface area contributed by atoms with Crippen LogP contribution in [0.15, 0.2) is 18.2 Å². The van der Waals surface area contributed by atoms with Crippen molar-refractivity contribution in [3.05, 3.63) is 34.9 Å². The number of benzene rings is 1. The van der Waals surface area contributed by atoms with Gasteiger partial charge in [-0.3, -0.25) is 4.90 Å². The molecule has 0 saturated carbocycles. The van der Waals surface area contributed by atoms with E-state index in [1.54, 1.807) is 6.07 Å². The maximum Gasteiger partial charge on any atom is 0.335 e. The fraction of sp³-hybridized carbons (Fsp3) is 0.500. The summed E-state index contributed by atoms with van der Waals surface area (Å²) in [6, 6.07) is 6.16. The van der Waals surface area contributed by atoms with Crippen molar-refractivity contribution in [3.8, 4) is 0 Å². The second-order valence-corrected chi connectivity index (χ2v) is 5.02. The normalized spacial score (nSPS) is 23.9. The van der Waals surface area contributed by atoms with E-state index < -0.39 is 5.97 Å². The molecule has 1 N–H and O–H groups in total. The van der Waals surface area contributed by atoms with Gasteiger partial charge in [0.1, 0.15) is 0 Å². The van der Waals surface area contributed by atoms with Crippen molar-refractivity contribution in [1.82, 2.24) is 4.90 Å². The number of likely N-dealkylation sites (tertiary alicyclic amines) is 1. The summed E-state index contributed by atoms with van der Waals surface area (Å²) < 4.78 is 0. The topological polar surface area (TPSA) is 40.5 Å². The minimum Gasteiger partial charge on any atom is -0.478 e. The average Bonchev–Trinajstić information content (AvgIpc) is 2.96. The maximum atomic E-state index is 10.9. The van der Waals surface area contributed by atoms with Crippen LogP contribution in [0.4, 0.5) is 0 Å². The minimum atomic E-state index is -0.822. The monoisotopic (exact) mass is 231 g/mol. The quantitative estimate of drug-likeness (QED) is 0.850. The fourth-order valence-corrected chi connectivity index (χ4v) is 3.16. The predicted molar refractivity (Wildman–Crippen MR) is 65.3 cm³/mol. The number of hydrogen-bond acceptors (Lipinski definition) is 2. The van der Waals surface area contributed by atoms with Gasteiger partial charge in [0.05, 0.1) is 5.56 Å². The third-order valence-corrected chi connectivity index (χ3v) is 4.02. The van der Waals surface area contributed by atoms with E-state index >= 15 is 0 Å². The fourth-order valence-electron chi connectivity index (χ4n) is 3.16. The zero-order valence-electron chi connectivity index (χ0n) is 9.85. The Balaban J connectivity index is 1.89. The smallest absolute Gasteiger partial charge is 0.335 e. The number of carboxylic acids is 1. The second-order valence-electron chi connectivity index (χ2n) is 5.02. The van der Waals surface area contributed by atoms with Crippen LogP contribution in [0.1, 0.15) is 46.8 Å². The highest BCUT2D eigenvalue weighted by Crippen LogP contribution is 2.37. The summed E-state index contributed by atoms with van der Waals surface area (Å²) in [6.07, 6.45) is 4.79. The van der Waals surface area contributed by atoms with Crippen LogP contribution in [-0.4, -0.2) is 29.1 Å². The van der Waals surface area contributed by atoms with Crippen molar-refractivity contribution in [2.24, 2.45) is 0 Å². The van der Waals surface area contributed by atoms with Gasteiger partial charge in [-0.15, -0.1) is 0 Å². The Kier molecular flexibility index (Phi) is 2.63. The Morgan fingerprint density at radius 1 is 1.29 bits per heavy atom. The first kappa shape index (κ1) is 10.8. The summed E-state index contributed by atoms with van der Waals surface area (Å²) in [4.78, 5) is 13.5. The number of carboxylic acid groups (broad SMARTS) is 1. The van der Waals surface area contributed by atoms with Gasteiger partial charge in [-0.05, 0) is 62.0 Å². The largest absolute Gasteiger partial charge is 0.478 e. The molecule has 1 unspecified atom stereocenters. The Morgan fingerprint density at radius 3 is 2.76 bits per heavy atom. The number of nitrogens with zero attached hydrogens (tertiary/aromatic N) is 1. The van der Waals surface area contributed by atoms with Crippen molar-refractivity contribution in [1.29, 1.82) is 0 Å². The summed E-state index contributed by atoms with van der Waals surface area (Å²) in [7, 11) is 0. The number of aromatic carboxylic acids is 1. The summed E-state index contributed by atoms with van der Waals surface area (Å²) in [5, 5.41) is 8.98. The molecule has 1 heterocycles. The Bertz CT molecular complexity index is 450. The van der Waals surface area contributed by atoms with Gasteiger partial charge in [0.25, 0.3) is 0 Å². The van der Waals surface area contributed by atoms with E-state index in [4.69, 9.17) is 5.11 Å². The molecule has 2 aliphatic rings. The standard InChI is InChI=1S/C14H17NO2/c16-14(17)11-3-5-12-10(9-11)4-6-13(12)15-7-1-2-8-15/h3,5,9,13H,1-2,4,6-8H2,(H,16,17). The van der Waals surface area contributed by atoms with Gasteiger partial charge in [0.2, 0.25) is 0 Å². The lowest BCUT2D eigenvalue weighted by Crippen LogP contribution is -2.23. The zero-order chi connectivity index (χ0) is 11.8. The highest BCUT2D eigenvalue weighted by Gasteiger charge is 2.29. The van der Waals surface area contributed by atoms with Crippen molar-refractivity contribution in [2.75, 3.05) is 13.1 Å². The molecule has 1 aromatic carbocycles. The molecule has 0 spiro atoms. The Labute approximate surface area is 101 Å². The second kappa shape index (κ2) is 4.15. The average molecular weight is 231 g/mol. The molecule has 0 aromatic heterocycles. The molecule has 0 radical (unpaired) electrons. The number of fused-ring (bicyclic) bond motifs is 1. The maximum absolute atomic E-state index is 10.9.